The highest BCUT2D eigenvalue weighted by molar-refractivity contribution is 8.15. The van der Waals surface area contributed by atoms with Crippen LogP contribution in [-0.2, 0) is 13.8 Å². The van der Waals surface area contributed by atoms with Crippen molar-refractivity contribution in [2.24, 2.45) is 0 Å². The van der Waals surface area contributed by atoms with Gasteiger partial charge in [-0.1, -0.05) is 11.3 Å². The van der Waals surface area contributed by atoms with Crippen molar-refractivity contribution in [1.29, 1.82) is 0 Å². The zero-order chi connectivity index (χ0) is 10.1. The minimum atomic E-state index is -3.80. The maximum atomic E-state index is 10.8. The van der Waals surface area contributed by atoms with Crippen LogP contribution in [-0.4, -0.2) is 26.5 Å². The molecule has 1 rings (SSSR count). The van der Waals surface area contributed by atoms with Crippen LogP contribution in [0.15, 0.2) is 10.4 Å². The second-order valence-corrected chi connectivity index (χ2v) is 5.74. The zero-order valence-electron chi connectivity index (χ0n) is 6.35. The van der Waals surface area contributed by atoms with E-state index in [0.29, 0.717) is 11.3 Å². The topological polar surface area (TPSA) is 73.3 Å². The van der Waals surface area contributed by atoms with E-state index in [-0.39, 0.29) is 9.22 Å². The largest absolute Gasteiger partial charge is 0.464 e. The van der Waals surface area contributed by atoms with E-state index in [1.165, 1.54) is 7.11 Å². The quantitative estimate of drug-likeness (QED) is 0.567. The minimum Gasteiger partial charge on any atom is -0.464 e. The van der Waals surface area contributed by atoms with Crippen LogP contribution in [0.2, 0.25) is 0 Å². The smallest absolute Gasteiger partial charge is 0.367 e. The summed E-state index contributed by atoms with van der Waals surface area (Å²) >= 11 is 0.667. The number of thiazole rings is 1. The summed E-state index contributed by atoms with van der Waals surface area (Å²) in [5, 5.41) is -0.0401. The number of ether oxygens (including phenoxy) is 1. The molecule has 1 heterocycles. The van der Waals surface area contributed by atoms with Gasteiger partial charge < -0.3 is 4.74 Å². The maximum Gasteiger partial charge on any atom is 0.367 e. The Morgan fingerprint density at radius 2 is 2.31 bits per heavy atom. The molecule has 0 amide bonds. The molecule has 0 fully saturated rings. The van der Waals surface area contributed by atoms with E-state index in [0.717, 1.165) is 6.20 Å². The molecule has 8 heteroatoms. The third-order valence-corrected chi connectivity index (χ3v) is 4.12. The molecule has 0 aliphatic carbocycles. The molecule has 0 bridgehead atoms. The second-order valence-electron chi connectivity index (χ2n) is 1.91. The van der Waals surface area contributed by atoms with Crippen LogP contribution in [0.4, 0.5) is 0 Å². The van der Waals surface area contributed by atoms with Gasteiger partial charge in [-0.2, -0.15) is 0 Å². The standard InChI is InChI=1S/C5H4ClNO4S2/c1-11-5(8)4-7-2-3(12-4)13(6,9)10/h2H,1H3. The fraction of sp³-hybridized carbons (Fsp3) is 0.200. The predicted molar refractivity (Wildman–Crippen MR) is 46.5 cm³/mol. The highest BCUT2D eigenvalue weighted by Gasteiger charge is 2.18. The first kappa shape index (κ1) is 10.4. The average Bonchev–Trinajstić information content (AvgIpc) is 2.50. The van der Waals surface area contributed by atoms with Gasteiger partial charge in [0.05, 0.1) is 13.3 Å². The summed E-state index contributed by atoms with van der Waals surface area (Å²) in [4.78, 5) is 14.4. The summed E-state index contributed by atoms with van der Waals surface area (Å²) in [6, 6.07) is 0. The van der Waals surface area contributed by atoms with Gasteiger partial charge in [0.2, 0.25) is 5.01 Å². The third-order valence-electron chi connectivity index (χ3n) is 1.08. The molecule has 13 heavy (non-hydrogen) atoms. The van der Waals surface area contributed by atoms with Crippen LogP contribution < -0.4 is 0 Å². The number of halogens is 1. The fourth-order valence-corrected chi connectivity index (χ4v) is 2.34. The number of carbonyl (C=O) groups is 1. The maximum absolute atomic E-state index is 10.8. The van der Waals surface area contributed by atoms with Gasteiger partial charge >= 0.3 is 5.97 Å². The predicted octanol–water partition coefficient (Wildman–Crippen LogP) is 0.857. The Hall–Kier alpha value is -0.660. The van der Waals surface area contributed by atoms with Gasteiger partial charge in [-0.3, -0.25) is 0 Å². The Labute approximate surface area is 82.7 Å². The second kappa shape index (κ2) is 3.60. The van der Waals surface area contributed by atoms with E-state index < -0.39 is 15.0 Å². The summed E-state index contributed by atoms with van der Waals surface area (Å²) in [6.07, 6.45) is 1.01. The molecule has 0 atom stereocenters. The van der Waals surface area contributed by atoms with E-state index in [4.69, 9.17) is 10.7 Å². The summed E-state index contributed by atoms with van der Waals surface area (Å²) in [5.41, 5.74) is 0. The molecule has 1 aromatic rings. The molecule has 0 saturated carbocycles. The van der Waals surface area contributed by atoms with Crippen molar-refractivity contribution in [3.63, 3.8) is 0 Å². The molecule has 0 aliphatic rings. The summed E-state index contributed by atoms with van der Waals surface area (Å²) in [7, 11) is 2.39. The number of hydrogen-bond donors (Lipinski definition) is 0. The summed E-state index contributed by atoms with van der Waals surface area (Å²) < 4.78 is 25.6. The van der Waals surface area contributed by atoms with Crippen LogP contribution in [0.25, 0.3) is 0 Å². The monoisotopic (exact) mass is 241 g/mol. The Kier molecular flexibility index (Phi) is 2.89. The Balaban J connectivity index is 3.07. The van der Waals surface area contributed by atoms with Crippen molar-refractivity contribution in [3.8, 4) is 0 Å². The van der Waals surface area contributed by atoms with E-state index in [1.807, 2.05) is 0 Å². The molecular formula is C5H4ClNO4S2. The van der Waals surface area contributed by atoms with Crippen molar-refractivity contribution in [2.75, 3.05) is 7.11 Å². The average molecular weight is 242 g/mol. The molecule has 0 radical (unpaired) electrons. The molecule has 72 valence electrons. The summed E-state index contributed by atoms with van der Waals surface area (Å²) in [6.45, 7) is 0. The van der Waals surface area contributed by atoms with Crippen LogP contribution in [0.3, 0.4) is 0 Å². The third kappa shape index (κ3) is 2.39. The number of rotatable bonds is 2. The van der Waals surface area contributed by atoms with Crippen molar-refractivity contribution in [3.05, 3.63) is 11.2 Å². The normalized spacial score (nSPS) is 11.2. The first-order chi connectivity index (χ1) is 5.95. The van der Waals surface area contributed by atoms with Crippen molar-refractivity contribution in [1.82, 2.24) is 4.98 Å². The van der Waals surface area contributed by atoms with E-state index >= 15 is 0 Å². The zero-order valence-corrected chi connectivity index (χ0v) is 8.74. The number of esters is 1. The Morgan fingerprint density at radius 1 is 1.69 bits per heavy atom. The highest BCUT2D eigenvalue weighted by Crippen LogP contribution is 2.22. The molecule has 5 nitrogen and oxygen atoms in total. The van der Waals surface area contributed by atoms with Gasteiger partial charge in [0, 0.05) is 10.7 Å². The molecule has 1 aromatic heterocycles. The number of aromatic nitrogens is 1. The fourth-order valence-electron chi connectivity index (χ4n) is 0.554. The Morgan fingerprint density at radius 3 is 2.69 bits per heavy atom. The lowest BCUT2D eigenvalue weighted by molar-refractivity contribution is 0.0600. The Bertz CT molecular complexity index is 423. The first-order valence-corrected chi connectivity index (χ1v) is 6.06. The lowest BCUT2D eigenvalue weighted by Crippen LogP contribution is -1.99. The van der Waals surface area contributed by atoms with Crippen molar-refractivity contribution in [2.45, 2.75) is 4.21 Å². The number of methoxy groups -OCH3 is 1. The molecular weight excluding hydrogens is 238 g/mol. The van der Waals surface area contributed by atoms with Gasteiger partial charge in [-0.15, -0.1) is 0 Å². The molecule has 0 N–H and O–H groups in total. The van der Waals surface area contributed by atoms with Crippen LogP contribution in [0, 0.1) is 0 Å². The van der Waals surface area contributed by atoms with Gasteiger partial charge in [0.15, 0.2) is 4.21 Å². The number of carbonyl (C=O) groups excluding carboxylic acids is 1. The van der Waals surface area contributed by atoms with Crippen LogP contribution >= 0.6 is 22.0 Å². The van der Waals surface area contributed by atoms with E-state index in [1.54, 1.807) is 0 Å². The van der Waals surface area contributed by atoms with Crippen molar-refractivity contribution >= 4 is 37.0 Å². The van der Waals surface area contributed by atoms with Crippen molar-refractivity contribution < 1.29 is 17.9 Å². The molecule has 0 aromatic carbocycles. The van der Waals surface area contributed by atoms with Gasteiger partial charge in [0.25, 0.3) is 9.05 Å². The van der Waals surface area contributed by atoms with Crippen LogP contribution in [0.5, 0.6) is 0 Å². The van der Waals surface area contributed by atoms with E-state index in [9.17, 15) is 13.2 Å². The first-order valence-electron chi connectivity index (χ1n) is 2.94. The molecule has 0 spiro atoms. The SMILES string of the molecule is COC(=O)c1ncc(S(=O)(=O)Cl)s1. The number of hydrogen-bond acceptors (Lipinski definition) is 6. The number of nitrogens with zero attached hydrogens (tertiary/aromatic N) is 1. The van der Waals surface area contributed by atoms with Crippen LogP contribution in [0.1, 0.15) is 9.80 Å². The minimum absolute atomic E-state index is 0.0401. The van der Waals surface area contributed by atoms with E-state index in [2.05, 4.69) is 9.72 Å². The van der Waals surface area contributed by atoms with Gasteiger partial charge in [-0.25, -0.2) is 18.2 Å². The highest BCUT2D eigenvalue weighted by atomic mass is 35.7. The lowest BCUT2D eigenvalue weighted by Gasteiger charge is -1.89. The summed E-state index contributed by atoms with van der Waals surface area (Å²) in [5.74, 6) is -0.684. The molecule has 0 saturated heterocycles. The van der Waals surface area contributed by atoms with Gasteiger partial charge in [-0.05, 0) is 0 Å². The lowest BCUT2D eigenvalue weighted by atomic mass is 10.7. The molecule has 0 aliphatic heterocycles. The van der Waals surface area contributed by atoms with Gasteiger partial charge in [0.1, 0.15) is 0 Å². The molecule has 0 unspecified atom stereocenters.